The van der Waals surface area contributed by atoms with Gasteiger partial charge in [-0.2, -0.15) is 8.42 Å². The van der Waals surface area contributed by atoms with Crippen LogP contribution in [-0.4, -0.2) is 8.42 Å². The molecule has 0 aromatic heterocycles. The molecule has 1 aromatic carbocycles. The molecule has 23 heavy (non-hydrogen) atoms. The Bertz CT molecular complexity index is 512. The van der Waals surface area contributed by atoms with Crippen LogP contribution in [-0.2, 0) is 33.8 Å². The van der Waals surface area contributed by atoms with E-state index in [4.69, 9.17) is 4.18 Å². The van der Waals surface area contributed by atoms with Gasteiger partial charge in [-0.1, -0.05) is 70.1 Å². The summed E-state index contributed by atoms with van der Waals surface area (Å²) in [6, 6.07) is 8.20. The van der Waals surface area contributed by atoms with Crippen molar-refractivity contribution in [1.82, 2.24) is 0 Å². The van der Waals surface area contributed by atoms with E-state index in [0.717, 1.165) is 12.8 Å². The van der Waals surface area contributed by atoms with Crippen LogP contribution in [0.2, 0.25) is 0 Å². The molecule has 0 N–H and O–H groups in total. The Morgan fingerprint density at radius 1 is 0.913 bits per heavy atom. The molecule has 0 atom stereocenters. The summed E-state index contributed by atoms with van der Waals surface area (Å²) >= 11 is 0. The van der Waals surface area contributed by atoms with Gasteiger partial charge in [0.2, 0.25) is 0 Å². The quantitative estimate of drug-likeness (QED) is 0.207. The average Bonchev–Trinajstić information content (AvgIpc) is 2.53. The Balaban J connectivity index is 0.00000484. The first-order chi connectivity index (χ1) is 10.7. The molecule has 0 saturated carbocycles. The molecule has 0 bridgehead atoms. The van der Waals surface area contributed by atoms with Gasteiger partial charge in [0.05, 0.1) is 0 Å². The number of allylic oxidation sites excluding steroid dienone is 1. The molecule has 0 unspecified atom stereocenters. The normalized spacial score (nSPS) is 11.3. The van der Waals surface area contributed by atoms with Gasteiger partial charge < -0.3 is 4.18 Å². The first-order valence-corrected chi connectivity index (χ1v) is 9.71. The summed E-state index contributed by atoms with van der Waals surface area (Å²) in [5.74, 6) is 0. The zero-order chi connectivity index (χ0) is 16.1. The molecule has 0 aliphatic carbocycles. The SMILES string of the molecule is CCCCCCCCCCC=COS(=O)(=O)c1ccccc1.[Zn]. The van der Waals surface area contributed by atoms with Crippen molar-refractivity contribution in [3.63, 3.8) is 0 Å². The van der Waals surface area contributed by atoms with Gasteiger partial charge in [0.25, 0.3) is 0 Å². The third-order valence-electron chi connectivity index (χ3n) is 3.53. The van der Waals surface area contributed by atoms with Gasteiger partial charge in [0.15, 0.2) is 0 Å². The van der Waals surface area contributed by atoms with E-state index in [2.05, 4.69) is 6.92 Å². The second-order valence-electron chi connectivity index (χ2n) is 5.50. The number of benzene rings is 1. The van der Waals surface area contributed by atoms with Gasteiger partial charge in [-0.25, -0.2) is 0 Å². The summed E-state index contributed by atoms with van der Waals surface area (Å²) in [6.45, 7) is 2.23. The minimum absolute atomic E-state index is 0. The van der Waals surface area contributed by atoms with E-state index >= 15 is 0 Å². The van der Waals surface area contributed by atoms with Gasteiger partial charge in [-0.05, 0) is 31.1 Å². The Hall–Kier alpha value is -0.667. The molecular formula is C18H28O3SZn. The molecule has 5 heteroatoms. The molecule has 0 amide bonds. The third kappa shape index (κ3) is 10.7. The second kappa shape index (κ2) is 13.7. The van der Waals surface area contributed by atoms with Crippen LogP contribution in [0.3, 0.4) is 0 Å². The van der Waals surface area contributed by atoms with Crippen molar-refractivity contribution in [2.45, 2.75) is 69.6 Å². The third-order valence-corrected chi connectivity index (χ3v) is 4.75. The van der Waals surface area contributed by atoms with Crippen molar-refractivity contribution >= 4 is 10.1 Å². The van der Waals surface area contributed by atoms with Gasteiger partial charge in [-0.15, -0.1) is 0 Å². The fourth-order valence-corrected chi connectivity index (χ4v) is 3.05. The van der Waals surface area contributed by atoms with Crippen molar-refractivity contribution in [2.75, 3.05) is 0 Å². The number of hydrogen-bond acceptors (Lipinski definition) is 3. The fraction of sp³-hybridized carbons (Fsp3) is 0.556. The maximum atomic E-state index is 11.8. The molecule has 0 radical (unpaired) electrons. The molecule has 126 valence electrons. The Morgan fingerprint density at radius 2 is 1.48 bits per heavy atom. The molecule has 0 fully saturated rings. The van der Waals surface area contributed by atoms with Crippen molar-refractivity contribution in [1.29, 1.82) is 0 Å². The number of unbranched alkanes of at least 4 members (excludes halogenated alkanes) is 8. The van der Waals surface area contributed by atoms with Crippen LogP contribution >= 0.6 is 0 Å². The molecular weight excluding hydrogens is 362 g/mol. The molecule has 1 rings (SSSR count). The van der Waals surface area contributed by atoms with Crippen LogP contribution in [0.4, 0.5) is 0 Å². The summed E-state index contributed by atoms with van der Waals surface area (Å²) in [4.78, 5) is 0.187. The average molecular weight is 390 g/mol. The van der Waals surface area contributed by atoms with Crippen LogP contribution in [0.15, 0.2) is 47.6 Å². The van der Waals surface area contributed by atoms with Crippen molar-refractivity contribution in [3.05, 3.63) is 42.7 Å². The smallest absolute Gasteiger partial charge is 0.338 e. The second-order valence-corrected chi connectivity index (χ2v) is 7.07. The molecule has 3 nitrogen and oxygen atoms in total. The molecule has 0 heterocycles. The topological polar surface area (TPSA) is 43.4 Å². The fourth-order valence-electron chi connectivity index (χ4n) is 2.22. The summed E-state index contributed by atoms with van der Waals surface area (Å²) in [5, 5.41) is 0. The van der Waals surface area contributed by atoms with Crippen molar-refractivity contribution in [3.8, 4) is 0 Å². The monoisotopic (exact) mass is 388 g/mol. The van der Waals surface area contributed by atoms with Gasteiger partial charge in [-0.3, -0.25) is 0 Å². The van der Waals surface area contributed by atoms with E-state index in [0.29, 0.717) is 0 Å². The molecule has 1 aromatic rings. The van der Waals surface area contributed by atoms with Crippen LogP contribution in [0.25, 0.3) is 0 Å². The molecule has 0 saturated heterocycles. The van der Waals surface area contributed by atoms with E-state index in [1.54, 1.807) is 24.3 Å². The van der Waals surface area contributed by atoms with E-state index in [1.165, 1.54) is 63.3 Å². The first-order valence-electron chi connectivity index (χ1n) is 8.30. The van der Waals surface area contributed by atoms with Gasteiger partial charge >= 0.3 is 10.1 Å². The zero-order valence-corrected chi connectivity index (χ0v) is 18.0. The first kappa shape index (κ1) is 22.3. The molecule has 0 spiro atoms. The Labute approximate surface area is 154 Å². The molecule has 0 aliphatic heterocycles. The van der Waals surface area contributed by atoms with Gasteiger partial charge in [0, 0.05) is 19.5 Å². The van der Waals surface area contributed by atoms with E-state index in [9.17, 15) is 8.42 Å². The maximum Gasteiger partial charge on any atom is 0.338 e. The standard InChI is InChI=1S/C18H28O3S.Zn/c1-2-3-4-5-6-7-8-9-10-14-17-21-22(19,20)18-15-12-11-13-16-18;/h11-17H,2-10H2,1H3;. The zero-order valence-electron chi connectivity index (χ0n) is 14.2. The minimum Gasteiger partial charge on any atom is -0.387 e. The molecule has 0 aliphatic rings. The van der Waals surface area contributed by atoms with Crippen molar-refractivity contribution < 1.29 is 32.1 Å². The number of hydrogen-bond donors (Lipinski definition) is 0. The predicted octanol–water partition coefficient (Wildman–Crippen LogP) is 5.43. The van der Waals surface area contributed by atoms with Crippen LogP contribution in [0.1, 0.15) is 64.7 Å². The summed E-state index contributed by atoms with van der Waals surface area (Å²) in [7, 11) is -3.66. The van der Waals surface area contributed by atoms with Gasteiger partial charge in [0.1, 0.15) is 11.2 Å². The van der Waals surface area contributed by atoms with E-state index in [-0.39, 0.29) is 24.4 Å². The van der Waals surface area contributed by atoms with E-state index < -0.39 is 10.1 Å². The summed E-state index contributed by atoms with van der Waals surface area (Å²) in [6.07, 6.45) is 14.1. The van der Waals surface area contributed by atoms with Crippen molar-refractivity contribution in [2.24, 2.45) is 0 Å². The van der Waals surface area contributed by atoms with Crippen LogP contribution in [0, 0.1) is 0 Å². The number of rotatable bonds is 12. The van der Waals surface area contributed by atoms with Crippen LogP contribution in [0.5, 0.6) is 0 Å². The maximum absolute atomic E-state index is 11.8. The van der Waals surface area contributed by atoms with Crippen LogP contribution < -0.4 is 0 Å². The van der Waals surface area contributed by atoms with E-state index in [1.807, 2.05) is 0 Å². The summed E-state index contributed by atoms with van der Waals surface area (Å²) in [5.41, 5.74) is 0. The summed E-state index contributed by atoms with van der Waals surface area (Å²) < 4.78 is 28.5. The predicted molar refractivity (Wildman–Crippen MR) is 91.1 cm³/mol. The Kier molecular flexibility index (Phi) is 13.3. The largest absolute Gasteiger partial charge is 0.387 e. The minimum atomic E-state index is -3.66. The Morgan fingerprint density at radius 3 is 2.09 bits per heavy atom.